The topological polar surface area (TPSA) is 64.3 Å². The van der Waals surface area contributed by atoms with Gasteiger partial charge in [-0.05, 0) is 30.4 Å². The number of rotatable bonds is 8. The molecule has 18 heavy (non-hydrogen) atoms. The number of ether oxygens (including phenoxy) is 1. The molecule has 0 aliphatic carbocycles. The molecule has 100 valence electrons. The number of thioether (sulfide) groups is 1. The minimum absolute atomic E-state index is 0.0351. The molecule has 0 fully saturated rings. The Morgan fingerprint density at radius 1 is 1.44 bits per heavy atom. The van der Waals surface area contributed by atoms with Crippen LogP contribution in [0.4, 0.5) is 11.4 Å². The number of nitrogens with one attached hydrogen (secondary N) is 1. The van der Waals surface area contributed by atoms with Gasteiger partial charge in [0.25, 0.3) is 0 Å². The van der Waals surface area contributed by atoms with Gasteiger partial charge in [-0.2, -0.15) is 11.8 Å². The van der Waals surface area contributed by atoms with Crippen LogP contribution in [0.3, 0.4) is 0 Å². The van der Waals surface area contributed by atoms with Crippen molar-refractivity contribution in [3.63, 3.8) is 0 Å². The predicted molar refractivity (Wildman–Crippen MR) is 77.9 cm³/mol. The van der Waals surface area contributed by atoms with Gasteiger partial charge in [0.2, 0.25) is 5.91 Å². The highest BCUT2D eigenvalue weighted by Gasteiger charge is 2.02. The van der Waals surface area contributed by atoms with Gasteiger partial charge in [0.1, 0.15) is 0 Å². The van der Waals surface area contributed by atoms with Gasteiger partial charge in [-0.1, -0.05) is 6.07 Å². The van der Waals surface area contributed by atoms with E-state index in [0.29, 0.717) is 12.1 Å². The third-order valence-electron chi connectivity index (χ3n) is 2.29. The van der Waals surface area contributed by atoms with Gasteiger partial charge < -0.3 is 15.8 Å². The molecule has 5 heteroatoms. The van der Waals surface area contributed by atoms with E-state index in [9.17, 15) is 4.79 Å². The number of carbonyl (C=O) groups excluding carboxylic acids is 1. The first-order valence-electron chi connectivity index (χ1n) is 5.94. The molecule has 1 rings (SSSR count). The van der Waals surface area contributed by atoms with Crippen LogP contribution in [-0.2, 0) is 9.53 Å². The molecule has 0 saturated heterocycles. The first-order valence-corrected chi connectivity index (χ1v) is 7.10. The van der Waals surface area contributed by atoms with E-state index in [0.717, 1.165) is 30.2 Å². The highest BCUT2D eigenvalue weighted by molar-refractivity contribution is 7.99. The van der Waals surface area contributed by atoms with Crippen LogP contribution in [0.5, 0.6) is 0 Å². The summed E-state index contributed by atoms with van der Waals surface area (Å²) in [6, 6.07) is 7.21. The lowest BCUT2D eigenvalue weighted by atomic mass is 10.2. The number of hydrogen-bond donors (Lipinski definition) is 2. The maximum Gasteiger partial charge on any atom is 0.224 e. The van der Waals surface area contributed by atoms with E-state index >= 15 is 0 Å². The smallest absolute Gasteiger partial charge is 0.224 e. The van der Waals surface area contributed by atoms with Crippen LogP contribution < -0.4 is 11.1 Å². The molecule has 1 aromatic rings. The summed E-state index contributed by atoms with van der Waals surface area (Å²) in [5.41, 5.74) is 7.05. The molecule has 0 unspecified atom stereocenters. The van der Waals surface area contributed by atoms with E-state index in [2.05, 4.69) is 5.32 Å². The van der Waals surface area contributed by atoms with Crippen LogP contribution in [0.2, 0.25) is 0 Å². The summed E-state index contributed by atoms with van der Waals surface area (Å²) in [5.74, 6) is 1.99. The van der Waals surface area contributed by atoms with Crippen LogP contribution in [0.15, 0.2) is 24.3 Å². The highest BCUT2D eigenvalue weighted by Crippen LogP contribution is 2.12. The number of amides is 1. The Balaban J connectivity index is 2.14. The number of methoxy groups -OCH3 is 1. The Hall–Kier alpha value is -1.20. The number of hydrogen-bond acceptors (Lipinski definition) is 4. The van der Waals surface area contributed by atoms with E-state index in [1.165, 1.54) is 0 Å². The maximum absolute atomic E-state index is 11.6. The van der Waals surface area contributed by atoms with Crippen molar-refractivity contribution in [3.8, 4) is 0 Å². The molecular formula is C13H20N2O2S. The Morgan fingerprint density at radius 2 is 2.28 bits per heavy atom. The van der Waals surface area contributed by atoms with Gasteiger partial charge in [0, 0.05) is 30.7 Å². The quantitative estimate of drug-likeness (QED) is 0.561. The van der Waals surface area contributed by atoms with Crippen molar-refractivity contribution in [2.45, 2.75) is 12.8 Å². The lowest BCUT2D eigenvalue weighted by Crippen LogP contribution is -2.11. The fourth-order valence-electron chi connectivity index (χ4n) is 1.42. The summed E-state index contributed by atoms with van der Waals surface area (Å²) < 4.78 is 4.95. The van der Waals surface area contributed by atoms with Gasteiger partial charge in [0.15, 0.2) is 0 Å². The lowest BCUT2D eigenvalue weighted by molar-refractivity contribution is -0.116. The summed E-state index contributed by atoms with van der Waals surface area (Å²) >= 11 is 1.80. The van der Waals surface area contributed by atoms with Crippen LogP contribution in [0.25, 0.3) is 0 Å². The molecule has 1 aromatic carbocycles. The summed E-state index contributed by atoms with van der Waals surface area (Å²) in [6.07, 6.45) is 1.41. The Labute approximate surface area is 112 Å². The fourth-order valence-corrected chi connectivity index (χ4v) is 2.26. The third-order valence-corrected chi connectivity index (χ3v) is 3.33. The molecular weight excluding hydrogens is 248 g/mol. The molecule has 0 aliphatic rings. The first kappa shape index (κ1) is 14.9. The molecule has 0 saturated carbocycles. The van der Waals surface area contributed by atoms with Crippen molar-refractivity contribution >= 4 is 29.0 Å². The van der Waals surface area contributed by atoms with Crippen molar-refractivity contribution in [2.75, 3.05) is 36.3 Å². The molecule has 0 bridgehead atoms. The van der Waals surface area contributed by atoms with Crippen LogP contribution in [0.1, 0.15) is 12.8 Å². The minimum Gasteiger partial charge on any atom is -0.399 e. The third kappa shape index (κ3) is 6.51. The molecule has 0 atom stereocenters. The van der Waals surface area contributed by atoms with Crippen LogP contribution in [-0.4, -0.2) is 31.1 Å². The summed E-state index contributed by atoms with van der Waals surface area (Å²) in [5, 5.41) is 2.83. The average Bonchev–Trinajstić information content (AvgIpc) is 2.33. The molecule has 0 spiro atoms. The van der Waals surface area contributed by atoms with Crippen molar-refractivity contribution < 1.29 is 9.53 Å². The van der Waals surface area contributed by atoms with E-state index in [4.69, 9.17) is 10.5 Å². The van der Waals surface area contributed by atoms with Gasteiger partial charge in [-0.25, -0.2) is 0 Å². The maximum atomic E-state index is 11.6. The molecule has 0 aromatic heterocycles. The van der Waals surface area contributed by atoms with Crippen LogP contribution in [0, 0.1) is 0 Å². The van der Waals surface area contributed by atoms with Gasteiger partial charge in [-0.15, -0.1) is 0 Å². The molecule has 0 radical (unpaired) electrons. The number of nitrogens with two attached hydrogens (primary N) is 1. The van der Waals surface area contributed by atoms with Crippen molar-refractivity contribution in [2.24, 2.45) is 0 Å². The largest absolute Gasteiger partial charge is 0.399 e. The Morgan fingerprint density at radius 3 is 3.00 bits per heavy atom. The van der Waals surface area contributed by atoms with Gasteiger partial charge >= 0.3 is 0 Å². The normalized spacial score (nSPS) is 10.3. The minimum atomic E-state index is 0.0351. The Bertz CT molecular complexity index is 372. The number of nitrogen functional groups attached to an aromatic ring is 1. The molecule has 0 aliphatic heterocycles. The monoisotopic (exact) mass is 268 g/mol. The molecule has 0 heterocycles. The first-order chi connectivity index (χ1) is 8.72. The van der Waals surface area contributed by atoms with E-state index < -0.39 is 0 Å². The lowest BCUT2D eigenvalue weighted by Gasteiger charge is -2.05. The number of benzene rings is 1. The second-order valence-electron chi connectivity index (χ2n) is 3.88. The average molecular weight is 268 g/mol. The van der Waals surface area contributed by atoms with E-state index in [1.807, 2.05) is 12.1 Å². The van der Waals surface area contributed by atoms with E-state index in [-0.39, 0.29) is 5.91 Å². The van der Waals surface area contributed by atoms with E-state index in [1.54, 1.807) is 31.0 Å². The van der Waals surface area contributed by atoms with Gasteiger partial charge in [-0.3, -0.25) is 4.79 Å². The zero-order valence-corrected chi connectivity index (χ0v) is 11.5. The Kier molecular flexibility index (Phi) is 7.29. The predicted octanol–water partition coefficient (Wildman–Crippen LogP) is 2.37. The van der Waals surface area contributed by atoms with Crippen molar-refractivity contribution in [1.82, 2.24) is 0 Å². The van der Waals surface area contributed by atoms with Crippen molar-refractivity contribution in [1.29, 1.82) is 0 Å². The van der Waals surface area contributed by atoms with Gasteiger partial charge in [0.05, 0.1) is 6.61 Å². The second kappa shape index (κ2) is 8.83. The summed E-state index contributed by atoms with van der Waals surface area (Å²) in [7, 11) is 1.69. The zero-order chi connectivity index (χ0) is 13.2. The standard InChI is InChI=1S/C13H20N2O2S/c1-17-7-9-18-8-3-6-13(16)15-12-5-2-4-11(14)10-12/h2,4-5,10H,3,6-9,14H2,1H3,(H,15,16). The summed E-state index contributed by atoms with van der Waals surface area (Å²) in [4.78, 5) is 11.6. The zero-order valence-electron chi connectivity index (χ0n) is 10.6. The molecule has 4 nitrogen and oxygen atoms in total. The molecule has 1 amide bonds. The highest BCUT2D eigenvalue weighted by atomic mass is 32.2. The second-order valence-corrected chi connectivity index (χ2v) is 5.11. The molecule has 3 N–H and O–H groups in total. The number of carbonyl (C=O) groups is 1. The SMILES string of the molecule is COCCSCCCC(=O)Nc1cccc(N)c1. The summed E-state index contributed by atoms with van der Waals surface area (Å²) in [6.45, 7) is 0.764. The fraction of sp³-hybridized carbons (Fsp3) is 0.462. The van der Waals surface area contributed by atoms with Crippen molar-refractivity contribution in [3.05, 3.63) is 24.3 Å². The van der Waals surface area contributed by atoms with Crippen LogP contribution >= 0.6 is 11.8 Å². The number of anilines is 2.